The van der Waals surface area contributed by atoms with E-state index in [9.17, 15) is 8.42 Å². The molecule has 1 aliphatic heterocycles. The van der Waals surface area contributed by atoms with E-state index in [2.05, 4.69) is 9.82 Å². The van der Waals surface area contributed by atoms with Gasteiger partial charge in [-0.25, -0.2) is 17.8 Å². The Hall–Kier alpha value is -1.61. The Morgan fingerprint density at radius 1 is 1.40 bits per heavy atom. The van der Waals surface area contributed by atoms with Crippen LogP contribution in [0, 0.1) is 5.92 Å². The van der Waals surface area contributed by atoms with Crippen LogP contribution in [0.2, 0.25) is 5.02 Å². The monoisotopic (exact) mass is 385 g/mol. The molecule has 0 aliphatic carbocycles. The Balaban J connectivity index is 1.60. The molecule has 0 amide bonds. The van der Waals surface area contributed by atoms with Gasteiger partial charge in [-0.1, -0.05) is 11.6 Å². The molecular weight excluding hydrogens is 366 g/mol. The number of benzene rings is 1. The van der Waals surface area contributed by atoms with E-state index in [1.165, 1.54) is 6.26 Å². The maximum atomic E-state index is 11.5. The molecule has 3 rings (SSSR count). The van der Waals surface area contributed by atoms with Crippen molar-refractivity contribution in [3.63, 3.8) is 0 Å². The number of sulfonamides is 1. The van der Waals surface area contributed by atoms with Crippen molar-refractivity contribution in [2.45, 2.75) is 12.5 Å². The third-order valence-electron chi connectivity index (χ3n) is 3.96. The molecule has 1 aromatic heterocycles. The van der Waals surface area contributed by atoms with Crippen molar-refractivity contribution >= 4 is 21.6 Å². The summed E-state index contributed by atoms with van der Waals surface area (Å²) in [5, 5.41) is 4.71. The smallest absolute Gasteiger partial charge is 0.208 e. The van der Waals surface area contributed by atoms with E-state index in [0.717, 1.165) is 5.69 Å². The third-order valence-corrected chi connectivity index (χ3v) is 4.88. The number of nitrogens with zero attached hydrogens (tertiary/aromatic N) is 2. The molecule has 1 N–H and O–H groups in total. The van der Waals surface area contributed by atoms with Crippen molar-refractivity contribution in [2.75, 3.05) is 26.1 Å². The lowest BCUT2D eigenvalue weighted by Gasteiger charge is -2.31. The van der Waals surface area contributed by atoms with Gasteiger partial charge in [-0.05, 0) is 30.7 Å². The highest BCUT2D eigenvalue weighted by atomic mass is 35.5. The summed E-state index contributed by atoms with van der Waals surface area (Å²) in [5.41, 5.74) is 0.872. The van der Waals surface area contributed by atoms with E-state index in [0.29, 0.717) is 37.0 Å². The molecule has 1 aliphatic rings. The summed E-state index contributed by atoms with van der Waals surface area (Å²) in [6.45, 7) is 1.39. The van der Waals surface area contributed by atoms with E-state index in [1.54, 1.807) is 17.1 Å². The molecular formula is C16H20ClN3O4S. The van der Waals surface area contributed by atoms with Crippen LogP contribution in [0.5, 0.6) is 5.75 Å². The van der Waals surface area contributed by atoms with Gasteiger partial charge >= 0.3 is 0 Å². The maximum absolute atomic E-state index is 11.5. The van der Waals surface area contributed by atoms with E-state index in [4.69, 9.17) is 21.1 Å². The Bertz CT molecular complexity index is 807. The topological polar surface area (TPSA) is 82.5 Å². The second-order valence-electron chi connectivity index (χ2n) is 6.03. The van der Waals surface area contributed by atoms with Gasteiger partial charge in [0.1, 0.15) is 5.75 Å². The SMILES string of the molecule is CS(=O)(=O)N[C@H]1CCOC[C@@H]1COc1ccc(-n2cc(Cl)cn2)cc1. The second kappa shape index (κ2) is 7.74. The van der Waals surface area contributed by atoms with Crippen LogP contribution in [0.15, 0.2) is 36.7 Å². The molecule has 2 heterocycles. The fraction of sp³-hybridized carbons (Fsp3) is 0.438. The molecule has 0 bridgehead atoms. The van der Waals surface area contributed by atoms with Crippen molar-refractivity contribution in [1.29, 1.82) is 0 Å². The summed E-state index contributed by atoms with van der Waals surface area (Å²) in [7, 11) is -3.26. The first-order chi connectivity index (χ1) is 11.9. The molecule has 9 heteroatoms. The third kappa shape index (κ3) is 5.18. The molecule has 2 atom stereocenters. The summed E-state index contributed by atoms with van der Waals surface area (Å²) < 4.78 is 38.6. The Morgan fingerprint density at radius 3 is 2.80 bits per heavy atom. The number of rotatable bonds is 6. The number of halogens is 1. The standard InChI is InChI=1S/C16H20ClN3O4S/c1-25(21,22)19-16-6-7-23-10-12(16)11-24-15-4-2-14(3-5-15)20-9-13(17)8-18-20/h2-5,8-9,12,16,19H,6-7,10-11H2,1H3/t12-,16+/m1/s1. The average Bonchev–Trinajstić information content (AvgIpc) is 3.00. The minimum Gasteiger partial charge on any atom is -0.493 e. The highest BCUT2D eigenvalue weighted by molar-refractivity contribution is 7.88. The van der Waals surface area contributed by atoms with Crippen molar-refractivity contribution < 1.29 is 17.9 Å². The predicted octanol–water partition coefficient (Wildman–Crippen LogP) is 1.86. The molecule has 1 fully saturated rings. The molecule has 0 unspecified atom stereocenters. The Morgan fingerprint density at radius 2 is 2.16 bits per heavy atom. The highest BCUT2D eigenvalue weighted by Crippen LogP contribution is 2.20. The van der Waals surface area contributed by atoms with Crippen LogP contribution in [-0.4, -0.2) is 50.3 Å². The number of hydrogen-bond donors (Lipinski definition) is 1. The quantitative estimate of drug-likeness (QED) is 0.820. The molecule has 0 saturated carbocycles. The zero-order valence-electron chi connectivity index (χ0n) is 13.8. The number of ether oxygens (including phenoxy) is 2. The minimum absolute atomic E-state index is 0.0342. The van der Waals surface area contributed by atoms with Gasteiger partial charge in [-0.2, -0.15) is 5.10 Å². The Labute approximate surface area is 151 Å². The summed E-state index contributed by atoms with van der Waals surface area (Å²) in [4.78, 5) is 0. The average molecular weight is 386 g/mol. The van der Waals surface area contributed by atoms with Gasteiger partial charge in [0.05, 0.1) is 36.4 Å². The predicted molar refractivity (Wildman–Crippen MR) is 94.8 cm³/mol. The molecule has 1 aromatic carbocycles. The lowest BCUT2D eigenvalue weighted by Crippen LogP contribution is -2.47. The van der Waals surface area contributed by atoms with E-state index in [-0.39, 0.29) is 12.0 Å². The highest BCUT2D eigenvalue weighted by Gasteiger charge is 2.28. The molecule has 7 nitrogen and oxygen atoms in total. The fourth-order valence-corrected chi connectivity index (χ4v) is 3.73. The van der Waals surface area contributed by atoms with E-state index in [1.807, 2.05) is 24.3 Å². The van der Waals surface area contributed by atoms with Crippen molar-refractivity contribution in [3.8, 4) is 11.4 Å². The normalized spacial score (nSPS) is 21.2. The van der Waals surface area contributed by atoms with Crippen LogP contribution in [-0.2, 0) is 14.8 Å². The number of nitrogens with one attached hydrogen (secondary N) is 1. The van der Waals surface area contributed by atoms with Crippen LogP contribution < -0.4 is 9.46 Å². The van der Waals surface area contributed by atoms with Gasteiger partial charge in [0.15, 0.2) is 0 Å². The van der Waals surface area contributed by atoms with E-state index < -0.39 is 10.0 Å². The van der Waals surface area contributed by atoms with Crippen molar-refractivity contribution in [2.24, 2.45) is 5.92 Å². The largest absolute Gasteiger partial charge is 0.493 e. The molecule has 1 saturated heterocycles. The second-order valence-corrected chi connectivity index (χ2v) is 8.24. The van der Waals surface area contributed by atoms with Gasteiger partial charge < -0.3 is 9.47 Å². The zero-order valence-corrected chi connectivity index (χ0v) is 15.3. The fourth-order valence-electron chi connectivity index (χ4n) is 2.73. The van der Waals surface area contributed by atoms with Gasteiger partial charge in [0.2, 0.25) is 10.0 Å². The van der Waals surface area contributed by atoms with Crippen LogP contribution in [0.25, 0.3) is 5.69 Å². The number of hydrogen-bond acceptors (Lipinski definition) is 5. The maximum Gasteiger partial charge on any atom is 0.208 e. The summed E-state index contributed by atoms with van der Waals surface area (Å²) in [6.07, 6.45) is 5.10. The summed E-state index contributed by atoms with van der Waals surface area (Å²) >= 11 is 5.87. The van der Waals surface area contributed by atoms with Crippen molar-refractivity contribution in [3.05, 3.63) is 41.7 Å². The lowest BCUT2D eigenvalue weighted by molar-refractivity contribution is 0.0187. The van der Waals surface area contributed by atoms with Gasteiger partial charge in [-0.15, -0.1) is 0 Å². The van der Waals surface area contributed by atoms with Gasteiger partial charge in [0, 0.05) is 24.8 Å². The van der Waals surface area contributed by atoms with Crippen LogP contribution >= 0.6 is 11.6 Å². The van der Waals surface area contributed by atoms with Gasteiger partial charge in [0.25, 0.3) is 0 Å². The molecule has 136 valence electrons. The molecule has 0 spiro atoms. The first kappa shape index (κ1) is 18.2. The first-order valence-electron chi connectivity index (χ1n) is 7.89. The van der Waals surface area contributed by atoms with Crippen molar-refractivity contribution in [1.82, 2.24) is 14.5 Å². The molecule has 0 radical (unpaired) electrons. The minimum atomic E-state index is -3.26. The lowest BCUT2D eigenvalue weighted by atomic mass is 9.98. The zero-order chi connectivity index (χ0) is 17.9. The molecule has 2 aromatic rings. The van der Waals surface area contributed by atoms with Crippen LogP contribution in [0.3, 0.4) is 0 Å². The Kier molecular flexibility index (Phi) is 5.63. The van der Waals surface area contributed by atoms with E-state index >= 15 is 0 Å². The summed E-state index contributed by atoms with van der Waals surface area (Å²) in [5.74, 6) is 0.666. The number of aromatic nitrogens is 2. The van der Waals surface area contributed by atoms with Gasteiger partial charge in [-0.3, -0.25) is 0 Å². The molecule has 25 heavy (non-hydrogen) atoms. The summed E-state index contributed by atoms with van der Waals surface area (Å²) in [6, 6.07) is 7.26. The van der Waals surface area contributed by atoms with Crippen LogP contribution in [0.4, 0.5) is 0 Å². The van der Waals surface area contributed by atoms with Crippen LogP contribution in [0.1, 0.15) is 6.42 Å². The first-order valence-corrected chi connectivity index (χ1v) is 10.2.